The van der Waals surface area contributed by atoms with Crippen LogP contribution in [0.5, 0.6) is 17.2 Å². The molecule has 0 fully saturated rings. The molecular formula is C26H25N3O5S. The second-order valence-electron chi connectivity index (χ2n) is 7.63. The molecule has 8 nitrogen and oxygen atoms in total. The number of methoxy groups -OCH3 is 3. The number of aryl methyl sites for hydroxylation is 1. The highest BCUT2D eigenvalue weighted by Gasteiger charge is 2.18. The fourth-order valence-electron chi connectivity index (χ4n) is 3.62. The predicted molar refractivity (Wildman–Crippen MR) is 138 cm³/mol. The number of rotatable bonds is 8. The lowest BCUT2D eigenvalue weighted by Crippen LogP contribution is -2.23. The monoisotopic (exact) mass is 491 g/mol. The first kappa shape index (κ1) is 24.2. The Kier molecular flexibility index (Phi) is 7.26. The van der Waals surface area contributed by atoms with Crippen LogP contribution in [-0.4, -0.2) is 42.5 Å². The number of benzene rings is 3. The van der Waals surface area contributed by atoms with Crippen LogP contribution in [0.4, 0.5) is 5.69 Å². The van der Waals surface area contributed by atoms with Gasteiger partial charge in [-0.15, -0.1) is 0 Å². The molecule has 0 spiro atoms. The van der Waals surface area contributed by atoms with Crippen molar-refractivity contribution in [2.75, 3.05) is 32.4 Å². The van der Waals surface area contributed by atoms with Gasteiger partial charge >= 0.3 is 0 Å². The zero-order valence-electron chi connectivity index (χ0n) is 19.8. The van der Waals surface area contributed by atoms with Gasteiger partial charge < -0.3 is 19.5 Å². The van der Waals surface area contributed by atoms with Gasteiger partial charge in [0.15, 0.2) is 5.16 Å². The van der Waals surface area contributed by atoms with Gasteiger partial charge in [0.2, 0.25) is 5.91 Å². The van der Waals surface area contributed by atoms with Gasteiger partial charge in [-0.1, -0.05) is 30.0 Å². The molecule has 0 saturated carbocycles. The van der Waals surface area contributed by atoms with E-state index in [1.807, 2.05) is 31.2 Å². The zero-order valence-corrected chi connectivity index (χ0v) is 20.6. The zero-order chi connectivity index (χ0) is 24.9. The topological polar surface area (TPSA) is 91.7 Å². The molecule has 0 unspecified atom stereocenters. The highest BCUT2D eigenvalue weighted by atomic mass is 32.2. The lowest BCUT2D eigenvalue weighted by molar-refractivity contribution is -0.113. The van der Waals surface area contributed by atoms with Crippen molar-refractivity contribution >= 4 is 34.3 Å². The van der Waals surface area contributed by atoms with E-state index in [0.29, 0.717) is 44.7 Å². The van der Waals surface area contributed by atoms with E-state index in [2.05, 4.69) is 5.32 Å². The van der Waals surface area contributed by atoms with Crippen molar-refractivity contribution in [3.05, 3.63) is 76.6 Å². The van der Waals surface area contributed by atoms with E-state index in [9.17, 15) is 9.59 Å². The van der Waals surface area contributed by atoms with Crippen molar-refractivity contribution in [3.63, 3.8) is 0 Å². The molecule has 0 saturated heterocycles. The number of hydrogen-bond acceptors (Lipinski definition) is 7. The van der Waals surface area contributed by atoms with Crippen LogP contribution in [0.2, 0.25) is 0 Å². The summed E-state index contributed by atoms with van der Waals surface area (Å²) in [6.45, 7) is 1.93. The van der Waals surface area contributed by atoms with Crippen LogP contribution >= 0.6 is 11.8 Å². The average Bonchev–Trinajstić information content (AvgIpc) is 2.87. The van der Waals surface area contributed by atoms with E-state index in [1.54, 1.807) is 50.6 Å². The number of thioether (sulfide) groups is 1. The normalized spacial score (nSPS) is 10.7. The Morgan fingerprint density at radius 1 is 0.971 bits per heavy atom. The van der Waals surface area contributed by atoms with Crippen molar-refractivity contribution in [2.45, 2.75) is 12.1 Å². The number of fused-ring (bicyclic) bond motifs is 1. The summed E-state index contributed by atoms with van der Waals surface area (Å²) in [6, 6.07) is 17.9. The molecule has 1 aromatic heterocycles. The second-order valence-corrected chi connectivity index (χ2v) is 8.57. The second kappa shape index (κ2) is 10.5. The fraction of sp³-hybridized carbons (Fsp3) is 0.192. The van der Waals surface area contributed by atoms with Crippen molar-refractivity contribution in [3.8, 4) is 22.9 Å². The van der Waals surface area contributed by atoms with E-state index in [0.717, 1.165) is 17.3 Å². The Balaban J connectivity index is 1.71. The minimum Gasteiger partial charge on any atom is -0.497 e. The van der Waals surface area contributed by atoms with E-state index in [1.165, 1.54) is 11.7 Å². The van der Waals surface area contributed by atoms with Gasteiger partial charge in [-0.05, 0) is 48.9 Å². The molecule has 1 N–H and O–H groups in total. The number of aromatic nitrogens is 2. The number of ether oxygens (including phenoxy) is 3. The summed E-state index contributed by atoms with van der Waals surface area (Å²) in [5.41, 5.74) is 2.32. The van der Waals surface area contributed by atoms with Gasteiger partial charge in [-0.3, -0.25) is 14.2 Å². The van der Waals surface area contributed by atoms with Crippen molar-refractivity contribution < 1.29 is 19.0 Å². The molecule has 0 aliphatic rings. The number of carbonyl (C=O) groups excluding carboxylic acids is 1. The van der Waals surface area contributed by atoms with E-state index < -0.39 is 0 Å². The largest absolute Gasteiger partial charge is 0.497 e. The molecule has 0 aliphatic heterocycles. The van der Waals surface area contributed by atoms with Gasteiger partial charge in [-0.2, -0.15) is 0 Å². The maximum Gasteiger partial charge on any atom is 0.266 e. The Morgan fingerprint density at radius 2 is 1.71 bits per heavy atom. The molecule has 0 atom stereocenters. The number of carbonyl (C=O) groups is 1. The van der Waals surface area contributed by atoms with E-state index in [4.69, 9.17) is 19.2 Å². The summed E-state index contributed by atoms with van der Waals surface area (Å²) >= 11 is 1.16. The molecule has 4 rings (SSSR count). The molecular weight excluding hydrogens is 466 g/mol. The minimum atomic E-state index is -0.285. The molecule has 0 aliphatic carbocycles. The van der Waals surface area contributed by atoms with Crippen molar-refractivity contribution in [1.82, 2.24) is 9.55 Å². The maximum absolute atomic E-state index is 13.5. The molecule has 4 aromatic rings. The van der Waals surface area contributed by atoms with Crippen LogP contribution in [0, 0.1) is 6.92 Å². The van der Waals surface area contributed by atoms with Crippen LogP contribution in [-0.2, 0) is 4.79 Å². The van der Waals surface area contributed by atoms with Gasteiger partial charge in [0, 0.05) is 6.07 Å². The van der Waals surface area contributed by atoms with Crippen molar-refractivity contribution in [1.29, 1.82) is 0 Å². The van der Waals surface area contributed by atoms with Crippen molar-refractivity contribution in [2.24, 2.45) is 0 Å². The first-order valence-electron chi connectivity index (χ1n) is 10.8. The SMILES string of the molecule is COc1ccc(OC)c(NC(=O)CSc2nc3ccccc3c(=O)n2-c2cc(C)ccc2OC)c1. The molecule has 9 heteroatoms. The number of nitrogens with zero attached hydrogens (tertiary/aromatic N) is 2. The summed E-state index contributed by atoms with van der Waals surface area (Å²) in [4.78, 5) is 31.1. The Bertz CT molecular complexity index is 1450. The third kappa shape index (κ3) is 5.09. The van der Waals surface area contributed by atoms with Gasteiger partial charge in [0.1, 0.15) is 17.2 Å². The van der Waals surface area contributed by atoms with Crippen LogP contribution in [0.3, 0.4) is 0 Å². The molecule has 0 bridgehead atoms. The summed E-state index contributed by atoms with van der Waals surface area (Å²) in [6.07, 6.45) is 0. The Labute approximate surface area is 206 Å². The van der Waals surface area contributed by atoms with Crippen LogP contribution < -0.4 is 25.1 Å². The lowest BCUT2D eigenvalue weighted by Gasteiger charge is -2.16. The van der Waals surface area contributed by atoms with Crippen LogP contribution in [0.1, 0.15) is 5.56 Å². The molecule has 1 amide bonds. The average molecular weight is 492 g/mol. The lowest BCUT2D eigenvalue weighted by atomic mass is 10.2. The van der Waals surface area contributed by atoms with Gasteiger partial charge in [-0.25, -0.2) is 4.98 Å². The molecule has 0 radical (unpaired) electrons. The summed E-state index contributed by atoms with van der Waals surface area (Å²) in [7, 11) is 4.63. The minimum absolute atomic E-state index is 0.0132. The first-order valence-corrected chi connectivity index (χ1v) is 11.7. The first-order chi connectivity index (χ1) is 16.9. The van der Waals surface area contributed by atoms with E-state index in [-0.39, 0.29) is 17.2 Å². The quantitative estimate of drug-likeness (QED) is 0.288. The van der Waals surface area contributed by atoms with Crippen LogP contribution in [0.25, 0.3) is 16.6 Å². The Hall–Kier alpha value is -3.98. The van der Waals surface area contributed by atoms with E-state index >= 15 is 0 Å². The number of amides is 1. The van der Waals surface area contributed by atoms with Gasteiger partial charge in [0.05, 0.1) is 49.4 Å². The molecule has 3 aromatic carbocycles. The number of anilines is 1. The predicted octanol–water partition coefficient (Wildman–Crippen LogP) is 4.45. The highest BCUT2D eigenvalue weighted by Crippen LogP contribution is 2.30. The molecule has 1 heterocycles. The maximum atomic E-state index is 13.5. The van der Waals surface area contributed by atoms with Gasteiger partial charge in [0.25, 0.3) is 5.56 Å². The summed E-state index contributed by atoms with van der Waals surface area (Å²) in [5.74, 6) is 1.35. The summed E-state index contributed by atoms with van der Waals surface area (Å²) in [5, 5.41) is 3.70. The molecule has 180 valence electrons. The fourth-order valence-corrected chi connectivity index (χ4v) is 4.43. The Morgan fingerprint density at radius 3 is 2.46 bits per heavy atom. The standard InChI is InChI=1S/C26H25N3O5S/c1-16-9-11-23(34-4)21(13-16)29-25(31)18-7-5-6-8-19(18)28-26(29)35-15-24(30)27-20-14-17(32-2)10-12-22(20)33-3/h5-14H,15H2,1-4H3,(H,27,30). The number of hydrogen-bond donors (Lipinski definition) is 1. The third-order valence-corrected chi connectivity index (χ3v) is 6.27. The highest BCUT2D eigenvalue weighted by molar-refractivity contribution is 7.99. The van der Waals surface area contributed by atoms with Crippen LogP contribution in [0.15, 0.2) is 70.6 Å². The number of nitrogens with one attached hydrogen (secondary N) is 1. The third-order valence-electron chi connectivity index (χ3n) is 5.33. The summed E-state index contributed by atoms with van der Waals surface area (Å²) < 4.78 is 17.6. The number of para-hydroxylation sites is 1. The smallest absolute Gasteiger partial charge is 0.266 e. The molecule has 35 heavy (non-hydrogen) atoms.